The molecule has 2 rings (SSSR count). The summed E-state index contributed by atoms with van der Waals surface area (Å²) in [6.07, 6.45) is 1.09. The first-order chi connectivity index (χ1) is 12.0. The lowest BCUT2D eigenvalue weighted by atomic mass is 10.1. The summed E-state index contributed by atoms with van der Waals surface area (Å²) in [6.45, 7) is -2.12. The van der Waals surface area contributed by atoms with Crippen molar-refractivity contribution in [2.45, 2.75) is 19.5 Å². The SMILES string of the molecule is COc1ccc(CCNC(=O)c2csc(CCN)n2)cc1OC(F)F. The third-order valence-electron chi connectivity index (χ3n) is 3.29. The topological polar surface area (TPSA) is 86.5 Å². The van der Waals surface area contributed by atoms with Crippen LogP contribution >= 0.6 is 11.3 Å². The summed E-state index contributed by atoms with van der Waals surface area (Å²) >= 11 is 1.39. The predicted octanol–water partition coefficient (Wildman–Crippen LogP) is 2.23. The number of halogens is 2. The minimum atomic E-state index is -2.93. The molecule has 1 heterocycles. The molecule has 0 radical (unpaired) electrons. The molecule has 0 aliphatic heterocycles. The molecule has 25 heavy (non-hydrogen) atoms. The first-order valence-electron chi connectivity index (χ1n) is 7.58. The molecule has 0 fully saturated rings. The van der Waals surface area contributed by atoms with E-state index in [0.717, 1.165) is 10.6 Å². The molecule has 0 spiro atoms. The van der Waals surface area contributed by atoms with Gasteiger partial charge in [-0.3, -0.25) is 4.79 Å². The summed E-state index contributed by atoms with van der Waals surface area (Å²) in [4.78, 5) is 16.2. The van der Waals surface area contributed by atoms with Crippen LogP contribution in [0.5, 0.6) is 11.5 Å². The lowest BCUT2D eigenvalue weighted by molar-refractivity contribution is -0.0512. The van der Waals surface area contributed by atoms with Crippen molar-refractivity contribution in [3.63, 3.8) is 0 Å². The number of alkyl halides is 2. The van der Waals surface area contributed by atoms with Crippen LogP contribution in [0.1, 0.15) is 21.1 Å². The fourth-order valence-corrected chi connectivity index (χ4v) is 2.92. The van der Waals surface area contributed by atoms with Crippen molar-refractivity contribution in [3.8, 4) is 11.5 Å². The van der Waals surface area contributed by atoms with E-state index < -0.39 is 6.61 Å². The van der Waals surface area contributed by atoms with Crippen molar-refractivity contribution in [1.82, 2.24) is 10.3 Å². The second kappa shape index (κ2) is 9.28. The number of nitrogens with zero attached hydrogens (tertiary/aromatic N) is 1. The van der Waals surface area contributed by atoms with Crippen LogP contribution in [0.15, 0.2) is 23.6 Å². The Morgan fingerprint density at radius 3 is 2.84 bits per heavy atom. The molecule has 0 saturated carbocycles. The molecule has 9 heteroatoms. The fraction of sp³-hybridized carbons (Fsp3) is 0.375. The maximum Gasteiger partial charge on any atom is 0.387 e. The molecule has 0 unspecified atom stereocenters. The van der Waals surface area contributed by atoms with E-state index in [-0.39, 0.29) is 17.4 Å². The van der Waals surface area contributed by atoms with Gasteiger partial charge in [-0.25, -0.2) is 4.98 Å². The number of methoxy groups -OCH3 is 1. The number of amides is 1. The largest absolute Gasteiger partial charge is 0.493 e. The summed E-state index contributed by atoms with van der Waals surface area (Å²) in [6, 6.07) is 4.75. The van der Waals surface area contributed by atoms with Crippen LogP contribution in [0.3, 0.4) is 0 Å². The van der Waals surface area contributed by atoms with Crippen molar-refractivity contribution >= 4 is 17.2 Å². The Hall–Kier alpha value is -2.26. The lowest BCUT2D eigenvalue weighted by Gasteiger charge is -2.11. The van der Waals surface area contributed by atoms with Gasteiger partial charge in [0.05, 0.1) is 12.1 Å². The zero-order valence-corrected chi connectivity index (χ0v) is 14.4. The first kappa shape index (κ1) is 19.1. The quantitative estimate of drug-likeness (QED) is 0.706. The number of nitrogens with one attached hydrogen (secondary N) is 1. The number of rotatable bonds is 9. The number of carbonyl (C=O) groups excluding carboxylic acids is 1. The first-order valence-corrected chi connectivity index (χ1v) is 8.46. The molecule has 6 nitrogen and oxygen atoms in total. The number of thiazole rings is 1. The Morgan fingerprint density at radius 1 is 1.36 bits per heavy atom. The van der Waals surface area contributed by atoms with E-state index in [4.69, 9.17) is 10.5 Å². The molecule has 0 atom stereocenters. The number of aromatic nitrogens is 1. The average Bonchev–Trinajstić information content (AvgIpc) is 3.03. The van der Waals surface area contributed by atoms with E-state index in [1.807, 2.05) is 0 Å². The Balaban J connectivity index is 1.91. The van der Waals surface area contributed by atoms with E-state index >= 15 is 0 Å². The van der Waals surface area contributed by atoms with Gasteiger partial charge in [0.1, 0.15) is 5.69 Å². The zero-order chi connectivity index (χ0) is 18.2. The molecular weight excluding hydrogens is 352 g/mol. The molecule has 0 bridgehead atoms. The molecule has 1 aromatic carbocycles. The van der Waals surface area contributed by atoms with Crippen molar-refractivity contribution < 1.29 is 23.0 Å². The average molecular weight is 371 g/mol. The van der Waals surface area contributed by atoms with Crippen LogP contribution in [-0.2, 0) is 12.8 Å². The van der Waals surface area contributed by atoms with Crippen molar-refractivity contribution in [1.29, 1.82) is 0 Å². The predicted molar refractivity (Wildman–Crippen MR) is 90.5 cm³/mol. The number of hydrogen-bond donors (Lipinski definition) is 2. The molecule has 3 N–H and O–H groups in total. The normalized spacial score (nSPS) is 10.8. The van der Waals surface area contributed by atoms with Crippen LogP contribution in [0.25, 0.3) is 0 Å². The van der Waals surface area contributed by atoms with E-state index in [1.54, 1.807) is 17.5 Å². The fourth-order valence-electron chi connectivity index (χ4n) is 2.13. The third-order valence-corrected chi connectivity index (χ3v) is 4.19. The number of carbonyl (C=O) groups is 1. The summed E-state index contributed by atoms with van der Waals surface area (Å²) in [7, 11) is 1.38. The summed E-state index contributed by atoms with van der Waals surface area (Å²) in [5.41, 5.74) is 6.54. The second-order valence-electron chi connectivity index (χ2n) is 5.03. The maximum atomic E-state index is 12.4. The van der Waals surface area contributed by atoms with E-state index in [9.17, 15) is 13.6 Å². The summed E-state index contributed by atoms with van der Waals surface area (Å²) < 4.78 is 34.3. The smallest absolute Gasteiger partial charge is 0.387 e. The van der Waals surface area contributed by atoms with Crippen molar-refractivity contribution in [2.75, 3.05) is 20.2 Å². The Morgan fingerprint density at radius 2 is 2.16 bits per heavy atom. The highest BCUT2D eigenvalue weighted by atomic mass is 32.1. The monoisotopic (exact) mass is 371 g/mol. The van der Waals surface area contributed by atoms with Gasteiger partial charge in [-0.05, 0) is 30.7 Å². The van der Waals surface area contributed by atoms with Gasteiger partial charge in [0.25, 0.3) is 5.91 Å². The molecule has 0 aliphatic rings. The van der Waals surface area contributed by atoms with Gasteiger partial charge in [-0.2, -0.15) is 8.78 Å². The highest BCUT2D eigenvalue weighted by Crippen LogP contribution is 2.29. The highest BCUT2D eigenvalue weighted by molar-refractivity contribution is 7.09. The molecular formula is C16H19F2N3O3S. The number of benzene rings is 1. The molecule has 0 aliphatic carbocycles. The van der Waals surface area contributed by atoms with Gasteiger partial charge >= 0.3 is 6.61 Å². The van der Waals surface area contributed by atoms with Gasteiger partial charge in [0.2, 0.25) is 0 Å². The van der Waals surface area contributed by atoms with Crippen LogP contribution in [0, 0.1) is 0 Å². The molecule has 1 amide bonds. The Bertz CT molecular complexity index is 710. The van der Waals surface area contributed by atoms with Crippen molar-refractivity contribution in [3.05, 3.63) is 39.8 Å². The minimum Gasteiger partial charge on any atom is -0.493 e. The minimum absolute atomic E-state index is 0.0349. The van der Waals surface area contributed by atoms with Gasteiger partial charge in [0, 0.05) is 18.3 Å². The van der Waals surface area contributed by atoms with Gasteiger partial charge < -0.3 is 20.5 Å². The van der Waals surface area contributed by atoms with E-state index in [0.29, 0.717) is 31.6 Å². The Kier molecular flexibility index (Phi) is 7.08. The molecule has 1 aromatic heterocycles. The summed E-state index contributed by atoms with van der Waals surface area (Å²) in [5, 5.41) is 5.24. The maximum absolute atomic E-state index is 12.4. The van der Waals surface area contributed by atoms with Crippen LogP contribution in [0.4, 0.5) is 8.78 Å². The number of nitrogens with two attached hydrogens (primary N) is 1. The number of hydrogen-bond acceptors (Lipinski definition) is 6. The Labute approximate surface area is 148 Å². The van der Waals surface area contributed by atoms with Crippen LogP contribution in [0.2, 0.25) is 0 Å². The van der Waals surface area contributed by atoms with E-state index in [2.05, 4.69) is 15.0 Å². The highest BCUT2D eigenvalue weighted by Gasteiger charge is 2.12. The number of ether oxygens (including phenoxy) is 2. The van der Waals surface area contributed by atoms with Crippen molar-refractivity contribution in [2.24, 2.45) is 5.73 Å². The molecule has 136 valence electrons. The van der Waals surface area contributed by atoms with Gasteiger partial charge in [-0.1, -0.05) is 6.07 Å². The summed E-state index contributed by atoms with van der Waals surface area (Å²) in [5.74, 6) is -0.0904. The lowest BCUT2D eigenvalue weighted by Crippen LogP contribution is -2.26. The van der Waals surface area contributed by atoms with Crippen LogP contribution in [-0.4, -0.2) is 37.7 Å². The standard InChI is InChI=1S/C16H19F2N3O3S/c1-23-12-3-2-10(8-13(12)24-16(17)18)5-7-20-15(22)11-9-25-14(21-11)4-6-19/h2-3,8-9,16H,4-7,19H2,1H3,(H,20,22). The zero-order valence-electron chi connectivity index (χ0n) is 13.6. The van der Waals surface area contributed by atoms with E-state index in [1.165, 1.54) is 24.5 Å². The third kappa shape index (κ3) is 5.64. The van der Waals surface area contributed by atoms with Gasteiger partial charge in [0.15, 0.2) is 11.5 Å². The van der Waals surface area contributed by atoms with Crippen LogP contribution < -0.4 is 20.5 Å². The molecule has 2 aromatic rings. The van der Waals surface area contributed by atoms with Gasteiger partial charge in [-0.15, -0.1) is 11.3 Å². The second-order valence-corrected chi connectivity index (χ2v) is 5.98. The molecule has 0 saturated heterocycles.